The molecular weight excluding hydrogens is 286 g/mol. The molecule has 4 heteroatoms. The van der Waals surface area contributed by atoms with Gasteiger partial charge in [0, 0.05) is 31.7 Å². The van der Waals surface area contributed by atoms with Gasteiger partial charge in [-0.25, -0.2) is 0 Å². The number of hydrogen-bond donors (Lipinski definition) is 0. The molecule has 0 spiro atoms. The number of likely N-dealkylation sites (tertiary alicyclic amines) is 2. The maximum atomic E-state index is 12.8. The zero-order chi connectivity index (χ0) is 16.2. The van der Waals surface area contributed by atoms with Crippen LogP contribution in [0.25, 0.3) is 0 Å². The van der Waals surface area contributed by atoms with Gasteiger partial charge in [-0.15, -0.1) is 0 Å². The summed E-state index contributed by atoms with van der Waals surface area (Å²) < 4.78 is 0. The molecule has 2 saturated heterocycles. The molecule has 1 amide bonds. The van der Waals surface area contributed by atoms with Crippen LogP contribution in [0.4, 0.5) is 0 Å². The number of carbonyl (C=O) groups is 1. The first-order valence-electron chi connectivity index (χ1n) is 9.89. The molecular formula is C19H35N3O. The Balaban J connectivity index is 1.48. The second-order valence-corrected chi connectivity index (χ2v) is 8.20. The largest absolute Gasteiger partial charge is 0.338 e. The van der Waals surface area contributed by atoms with Gasteiger partial charge in [-0.1, -0.05) is 12.8 Å². The number of piperidine rings is 1. The normalized spacial score (nSPS) is 29.2. The van der Waals surface area contributed by atoms with Crippen LogP contribution in [-0.4, -0.2) is 72.0 Å². The van der Waals surface area contributed by atoms with Crippen LogP contribution in [0.2, 0.25) is 0 Å². The lowest BCUT2D eigenvalue weighted by Gasteiger charge is -2.33. The van der Waals surface area contributed by atoms with Crippen molar-refractivity contribution < 1.29 is 4.79 Å². The lowest BCUT2D eigenvalue weighted by atomic mass is 10.1. The smallest absolute Gasteiger partial charge is 0.237 e. The second-order valence-electron chi connectivity index (χ2n) is 8.20. The Morgan fingerprint density at radius 1 is 1.13 bits per heavy atom. The van der Waals surface area contributed by atoms with Gasteiger partial charge >= 0.3 is 0 Å². The van der Waals surface area contributed by atoms with Crippen LogP contribution >= 0.6 is 0 Å². The van der Waals surface area contributed by atoms with Gasteiger partial charge < -0.3 is 9.80 Å². The number of nitrogens with zero attached hydrogens (tertiary/aromatic N) is 3. The molecule has 0 unspecified atom stereocenters. The van der Waals surface area contributed by atoms with Crippen LogP contribution in [0.3, 0.4) is 0 Å². The highest BCUT2D eigenvalue weighted by molar-refractivity contribution is 5.78. The number of fused-ring (bicyclic) bond motifs is 2. The molecule has 1 aliphatic carbocycles. The van der Waals surface area contributed by atoms with Crippen LogP contribution in [0.15, 0.2) is 0 Å². The predicted molar refractivity (Wildman–Crippen MR) is 94.5 cm³/mol. The van der Waals surface area contributed by atoms with Gasteiger partial charge in [-0.05, 0) is 65.0 Å². The third-order valence-electron chi connectivity index (χ3n) is 6.16. The van der Waals surface area contributed by atoms with Gasteiger partial charge in [0.15, 0.2) is 0 Å². The molecule has 3 rings (SSSR count). The first-order chi connectivity index (χ1) is 11.1. The van der Waals surface area contributed by atoms with Crippen molar-refractivity contribution in [2.75, 3.05) is 39.3 Å². The highest BCUT2D eigenvalue weighted by Crippen LogP contribution is 2.37. The molecule has 2 aliphatic heterocycles. The summed E-state index contributed by atoms with van der Waals surface area (Å²) in [7, 11) is 0. The molecule has 0 aromatic carbocycles. The zero-order valence-corrected chi connectivity index (χ0v) is 15.2. The molecule has 0 aromatic heterocycles. The van der Waals surface area contributed by atoms with E-state index in [1.165, 1.54) is 58.0 Å². The summed E-state index contributed by atoms with van der Waals surface area (Å²) in [6.07, 6.45) is 9.44. The van der Waals surface area contributed by atoms with Gasteiger partial charge in [0.25, 0.3) is 0 Å². The van der Waals surface area contributed by atoms with Gasteiger partial charge in [0.1, 0.15) is 0 Å². The standard InChI is InChI=1S/C19H35N3O/c1-16(2)22(12-11-20-9-5-3-4-6-10-20)19(23)15-21-14-17-7-8-18(21)13-17/h16-18H,3-15H2,1-2H3/t17-,18-/m0/s1. The van der Waals surface area contributed by atoms with Gasteiger partial charge in [-0.3, -0.25) is 9.69 Å². The summed E-state index contributed by atoms with van der Waals surface area (Å²) in [5.41, 5.74) is 0. The van der Waals surface area contributed by atoms with Crippen molar-refractivity contribution >= 4 is 5.91 Å². The average Bonchev–Trinajstić information content (AvgIpc) is 3.02. The highest BCUT2D eigenvalue weighted by atomic mass is 16.2. The summed E-state index contributed by atoms with van der Waals surface area (Å²) in [4.78, 5) is 20.0. The SMILES string of the molecule is CC(C)N(CCN1CCCCCC1)C(=O)CN1C[C@H]2CC[C@H]1C2. The van der Waals surface area contributed by atoms with Crippen LogP contribution in [0, 0.1) is 5.92 Å². The molecule has 4 nitrogen and oxygen atoms in total. The van der Waals surface area contributed by atoms with Crippen LogP contribution < -0.4 is 0 Å². The minimum atomic E-state index is 0.314. The lowest BCUT2D eigenvalue weighted by molar-refractivity contribution is -0.134. The van der Waals surface area contributed by atoms with E-state index in [0.717, 1.165) is 25.6 Å². The lowest BCUT2D eigenvalue weighted by Crippen LogP contribution is -2.48. The summed E-state index contributed by atoms with van der Waals surface area (Å²) in [5, 5.41) is 0. The molecule has 0 radical (unpaired) electrons. The van der Waals surface area contributed by atoms with Crippen molar-refractivity contribution in [1.82, 2.24) is 14.7 Å². The quantitative estimate of drug-likeness (QED) is 0.752. The third-order valence-corrected chi connectivity index (χ3v) is 6.16. The molecule has 132 valence electrons. The van der Waals surface area contributed by atoms with Crippen molar-refractivity contribution in [2.45, 2.75) is 70.9 Å². The molecule has 3 fully saturated rings. The molecule has 0 N–H and O–H groups in total. The number of carbonyl (C=O) groups excluding carboxylic acids is 1. The van der Waals surface area contributed by atoms with Crippen LogP contribution in [-0.2, 0) is 4.79 Å². The monoisotopic (exact) mass is 321 g/mol. The van der Waals surface area contributed by atoms with Gasteiger partial charge in [0.2, 0.25) is 5.91 Å². The van der Waals surface area contributed by atoms with E-state index < -0.39 is 0 Å². The van der Waals surface area contributed by atoms with Crippen molar-refractivity contribution in [3.63, 3.8) is 0 Å². The summed E-state index contributed by atoms with van der Waals surface area (Å²) in [6.45, 7) is 10.5. The van der Waals surface area contributed by atoms with E-state index in [1.54, 1.807) is 0 Å². The fourth-order valence-electron chi connectivity index (χ4n) is 4.76. The van der Waals surface area contributed by atoms with Crippen LogP contribution in [0.5, 0.6) is 0 Å². The Hall–Kier alpha value is -0.610. The van der Waals surface area contributed by atoms with Gasteiger partial charge in [-0.2, -0.15) is 0 Å². The molecule has 2 heterocycles. The van der Waals surface area contributed by atoms with E-state index >= 15 is 0 Å². The molecule has 2 bridgehead atoms. The Bertz CT molecular complexity index is 390. The van der Waals surface area contributed by atoms with Crippen molar-refractivity contribution in [3.05, 3.63) is 0 Å². The first kappa shape index (κ1) is 17.2. The first-order valence-corrected chi connectivity index (χ1v) is 9.89. The molecule has 2 atom stereocenters. The minimum absolute atomic E-state index is 0.314. The average molecular weight is 322 g/mol. The highest BCUT2D eigenvalue weighted by Gasteiger charge is 2.38. The maximum absolute atomic E-state index is 12.8. The van der Waals surface area contributed by atoms with Crippen molar-refractivity contribution in [1.29, 1.82) is 0 Å². The van der Waals surface area contributed by atoms with Crippen molar-refractivity contribution in [3.8, 4) is 0 Å². The number of amides is 1. The van der Waals surface area contributed by atoms with Crippen LogP contribution in [0.1, 0.15) is 58.8 Å². The Kier molecular flexibility index (Phi) is 5.97. The van der Waals surface area contributed by atoms with E-state index in [2.05, 4.69) is 28.5 Å². The fourth-order valence-corrected chi connectivity index (χ4v) is 4.76. The van der Waals surface area contributed by atoms with E-state index in [-0.39, 0.29) is 0 Å². The molecule has 0 aromatic rings. The van der Waals surface area contributed by atoms with E-state index in [1.807, 2.05) is 0 Å². The molecule has 23 heavy (non-hydrogen) atoms. The van der Waals surface area contributed by atoms with Gasteiger partial charge in [0.05, 0.1) is 6.54 Å². The Morgan fingerprint density at radius 3 is 2.43 bits per heavy atom. The summed E-state index contributed by atoms with van der Waals surface area (Å²) in [5.74, 6) is 1.22. The number of hydrogen-bond acceptors (Lipinski definition) is 3. The maximum Gasteiger partial charge on any atom is 0.237 e. The third kappa shape index (κ3) is 4.48. The summed E-state index contributed by atoms with van der Waals surface area (Å²) >= 11 is 0. The van der Waals surface area contributed by atoms with E-state index in [4.69, 9.17) is 0 Å². The summed E-state index contributed by atoms with van der Waals surface area (Å²) in [6, 6.07) is 1.01. The fraction of sp³-hybridized carbons (Fsp3) is 0.947. The van der Waals surface area contributed by atoms with E-state index in [9.17, 15) is 4.79 Å². The Labute approximate surface area is 142 Å². The predicted octanol–water partition coefficient (Wildman–Crippen LogP) is 2.58. The number of rotatable bonds is 6. The molecule has 1 saturated carbocycles. The van der Waals surface area contributed by atoms with E-state index in [0.29, 0.717) is 24.5 Å². The second kappa shape index (κ2) is 7.98. The zero-order valence-electron chi connectivity index (χ0n) is 15.2. The van der Waals surface area contributed by atoms with Crippen molar-refractivity contribution in [2.24, 2.45) is 5.92 Å². The Morgan fingerprint density at radius 2 is 1.87 bits per heavy atom. The topological polar surface area (TPSA) is 26.8 Å². The molecule has 3 aliphatic rings. The minimum Gasteiger partial charge on any atom is -0.338 e.